The molecule has 0 N–H and O–H groups in total. The van der Waals surface area contributed by atoms with Gasteiger partial charge in [-0.25, -0.2) is 0 Å². The molecule has 2 heterocycles. The average molecular weight is 561 g/mol. The Morgan fingerprint density at radius 1 is 0.886 bits per heavy atom. The number of likely N-dealkylation sites (tertiary alicyclic amines) is 1. The number of ether oxygens (including phenoxy) is 1. The van der Waals surface area contributed by atoms with Crippen LogP contribution in [-0.2, 0) is 0 Å². The molecule has 1 fully saturated rings. The van der Waals surface area contributed by atoms with Crippen LogP contribution in [0, 0.1) is 11.6 Å². The van der Waals surface area contributed by atoms with E-state index in [1.54, 1.807) is 30.3 Å². The first kappa shape index (κ1) is 25.6. The zero-order chi connectivity index (χ0) is 23.5. The summed E-state index contributed by atoms with van der Waals surface area (Å²) in [7, 11) is 0. The number of halogens is 3. The number of carbonyl (C=O) groups is 1. The van der Waals surface area contributed by atoms with E-state index in [9.17, 15) is 13.6 Å². The molecule has 1 aliphatic heterocycles. The van der Waals surface area contributed by atoms with Gasteiger partial charge in [0.1, 0.15) is 0 Å². The molecule has 1 aromatic heterocycles. The van der Waals surface area contributed by atoms with Crippen LogP contribution in [0.1, 0.15) is 35.2 Å². The number of nitrogens with zero attached hydrogens (tertiary/aromatic N) is 1. The number of ketones is 1. The fourth-order valence-electron chi connectivity index (χ4n) is 4.42. The number of fused-ring (bicyclic) bond motifs is 1. The summed E-state index contributed by atoms with van der Waals surface area (Å²) in [6.45, 7) is 3.79. The normalized spacial score (nSPS) is 14.0. The summed E-state index contributed by atoms with van der Waals surface area (Å²) in [5.41, 5.74) is 1.91. The fraction of sp³-hybridized carbons (Fsp3) is 0.250. The second kappa shape index (κ2) is 11.5. The van der Waals surface area contributed by atoms with Gasteiger partial charge in [-0.3, -0.25) is 0 Å². The van der Waals surface area contributed by atoms with Crippen molar-refractivity contribution in [3.8, 4) is 15.8 Å². The summed E-state index contributed by atoms with van der Waals surface area (Å²) in [4.78, 5) is 16.0. The van der Waals surface area contributed by atoms with Crippen molar-refractivity contribution in [2.24, 2.45) is 0 Å². The van der Waals surface area contributed by atoms with Gasteiger partial charge in [0.15, 0.2) is 0 Å². The predicted molar refractivity (Wildman–Crippen MR) is 139 cm³/mol. The van der Waals surface area contributed by atoms with Gasteiger partial charge in [-0.2, -0.15) is 0 Å². The van der Waals surface area contributed by atoms with Crippen LogP contribution in [0.4, 0.5) is 8.78 Å². The van der Waals surface area contributed by atoms with Crippen molar-refractivity contribution in [1.82, 2.24) is 4.90 Å². The summed E-state index contributed by atoms with van der Waals surface area (Å²) in [5.74, 6) is -0.0353. The van der Waals surface area contributed by atoms with Crippen LogP contribution < -0.4 is 4.74 Å². The Bertz CT molecular complexity index is 1300. The molecule has 0 atom stereocenters. The van der Waals surface area contributed by atoms with Crippen molar-refractivity contribution in [3.05, 3.63) is 89.5 Å². The Kier molecular flexibility index (Phi) is 8.40. The molecule has 0 aliphatic carbocycles. The third-order valence-corrected chi connectivity index (χ3v) is 8.75. The van der Waals surface area contributed by atoms with E-state index in [-0.39, 0.29) is 44.3 Å². The second-order valence-corrected chi connectivity index (χ2v) is 10.8. The molecule has 0 radical (unpaired) electrons. The van der Waals surface area contributed by atoms with E-state index in [1.807, 2.05) is 12.1 Å². The third-order valence-electron chi connectivity index (χ3n) is 6.23. The Labute approximate surface area is 215 Å². The zero-order valence-corrected chi connectivity index (χ0v) is 21.7. The van der Waals surface area contributed by atoms with Crippen LogP contribution in [-0.4, -0.2) is 51.4 Å². The quantitative estimate of drug-likeness (QED) is 0.195. The molecule has 5 rings (SSSR count). The monoisotopic (exact) mass is 561 g/mol. The standard InChI is InChI=1S/C28H25F2NO2Se.ClH/c29-21-8-4-20(5-9-21)28-26(24-13-10-22(30)18-25(24)34-28)27(32)19-6-11-23(12-7-19)33-17-16-31-14-2-1-3-15-31;/h4-13,18H,1-3,14-17H2;1H. The van der Waals surface area contributed by atoms with Gasteiger partial charge in [0.2, 0.25) is 0 Å². The van der Waals surface area contributed by atoms with Crippen molar-refractivity contribution < 1.29 is 18.3 Å². The Morgan fingerprint density at radius 2 is 1.57 bits per heavy atom. The molecule has 1 saturated heterocycles. The van der Waals surface area contributed by atoms with Crippen LogP contribution in [0.5, 0.6) is 5.75 Å². The van der Waals surface area contributed by atoms with Gasteiger partial charge in [0, 0.05) is 0 Å². The summed E-state index contributed by atoms with van der Waals surface area (Å²) in [6.07, 6.45) is 3.82. The maximum atomic E-state index is 13.9. The number of hydrogen-bond acceptors (Lipinski definition) is 3. The minimum absolute atomic E-state index is 0. The van der Waals surface area contributed by atoms with Crippen LogP contribution in [0.3, 0.4) is 0 Å². The number of hydrogen-bond donors (Lipinski definition) is 0. The molecule has 3 aromatic carbocycles. The van der Waals surface area contributed by atoms with E-state index in [2.05, 4.69) is 4.90 Å². The minimum atomic E-state index is -0.331. The van der Waals surface area contributed by atoms with Gasteiger partial charge in [-0.1, -0.05) is 6.42 Å². The van der Waals surface area contributed by atoms with E-state index >= 15 is 0 Å². The zero-order valence-electron chi connectivity index (χ0n) is 19.1. The van der Waals surface area contributed by atoms with Crippen molar-refractivity contribution >= 4 is 42.3 Å². The Hall–Kier alpha value is -2.50. The maximum absolute atomic E-state index is 13.9. The van der Waals surface area contributed by atoms with Crippen LogP contribution in [0.25, 0.3) is 19.6 Å². The van der Waals surface area contributed by atoms with Crippen molar-refractivity contribution in [1.29, 1.82) is 0 Å². The number of carbonyl (C=O) groups excluding carboxylic acids is 1. The van der Waals surface area contributed by atoms with Crippen LogP contribution in [0.2, 0.25) is 0 Å². The van der Waals surface area contributed by atoms with Crippen molar-refractivity contribution in [2.45, 2.75) is 19.3 Å². The summed E-state index contributed by atoms with van der Waals surface area (Å²) < 4.78 is 35.0. The van der Waals surface area contributed by atoms with Gasteiger partial charge in [0.05, 0.1) is 0 Å². The van der Waals surface area contributed by atoms with E-state index in [0.717, 1.165) is 45.0 Å². The summed E-state index contributed by atoms with van der Waals surface area (Å²) >= 11 is -0.252. The molecule has 0 saturated carbocycles. The molecular formula is C28H26ClF2NO2Se. The SMILES string of the molecule is Cl.O=C(c1ccc(OCCN2CCCCC2)cc1)c1c(-c2ccc(F)cc2)[se]c2cc(F)ccc12. The average Bonchev–Trinajstić information content (AvgIpc) is 3.23. The number of rotatable bonds is 7. The van der Waals surface area contributed by atoms with E-state index in [1.165, 1.54) is 43.5 Å². The first-order valence-corrected chi connectivity index (χ1v) is 13.3. The molecule has 4 aromatic rings. The van der Waals surface area contributed by atoms with E-state index in [0.29, 0.717) is 17.7 Å². The molecule has 0 amide bonds. The molecule has 0 spiro atoms. The molecule has 182 valence electrons. The Morgan fingerprint density at radius 3 is 2.29 bits per heavy atom. The molecule has 7 heteroatoms. The van der Waals surface area contributed by atoms with E-state index < -0.39 is 0 Å². The first-order valence-electron chi connectivity index (χ1n) is 11.6. The van der Waals surface area contributed by atoms with Gasteiger partial charge in [-0.15, -0.1) is 12.4 Å². The molecule has 35 heavy (non-hydrogen) atoms. The van der Waals surface area contributed by atoms with E-state index in [4.69, 9.17) is 4.74 Å². The van der Waals surface area contributed by atoms with Crippen LogP contribution >= 0.6 is 12.4 Å². The third kappa shape index (κ3) is 5.84. The van der Waals surface area contributed by atoms with Gasteiger partial charge >= 0.3 is 185 Å². The molecule has 3 nitrogen and oxygen atoms in total. The second-order valence-electron chi connectivity index (χ2n) is 8.56. The molecule has 1 aliphatic rings. The van der Waals surface area contributed by atoms with Crippen molar-refractivity contribution in [2.75, 3.05) is 26.2 Å². The van der Waals surface area contributed by atoms with Gasteiger partial charge in [-0.05, 0) is 12.8 Å². The summed E-state index contributed by atoms with van der Waals surface area (Å²) in [5, 5.41) is 0.757. The summed E-state index contributed by atoms with van der Waals surface area (Å²) in [6, 6.07) is 17.9. The molecular weight excluding hydrogens is 535 g/mol. The molecule has 0 bridgehead atoms. The fourth-order valence-corrected chi connectivity index (χ4v) is 7.00. The first-order chi connectivity index (χ1) is 16.6. The topological polar surface area (TPSA) is 29.5 Å². The Balaban J connectivity index is 0.00000289. The number of benzene rings is 3. The number of piperidine rings is 1. The van der Waals surface area contributed by atoms with Crippen molar-refractivity contribution in [3.63, 3.8) is 0 Å². The van der Waals surface area contributed by atoms with Crippen LogP contribution in [0.15, 0.2) is 66.7 Å². The van der Waals surface area contributed by atoms with Gasteiger partial charge < -0.3 is 0 Å². The molecule has 0 unspecified atom stereocenters. The predicted octanol–water partition coefficient (Wildman–Crippen LogP) is 6.36. The van der Waals surface area contributed by atoms with Gasteiger partial charge in [0.25, 0.3) is 0 Å².